The molecule has 3 aliphatic rings. The average Bonchev–Trinajstić information content (AvgIpc) is 3.28. The zero-order chi connectivity index (χ0) is 22.8. The molecule has 180 valence electrons. The molecular formula is C27H45N3O2. The van der Waals surface area contributed by atoms with E-state index in [1.807, 2.05) is 30.9 Å². The summed E-state index contributed by atoms with van der Waals surface area (Å²) in [6.45, 7) is 12.8. The van der Waals surface area contributed by atoms with E-state index >= 15 is 0 Å². The van der Waals surface area contributed by atoms with Crippen LogP contribution in [0.1, 0.15) is 78.6 Å². The maximum Gasteiger partial charge on any atom is 0.227 e. The number of nitrogens with zero attached hydrogens (tertiary/aromatic N) is 3. The van der Waals surface area contributed by atoms with Crippen molar-refractivity contribution in [2.75, 3.05) is 44.2 Å². The van der Waals surface area contributed by atoms with E-state index < -0.39 is 0 Å². The van der Waals surface area contributed by atoms with Crippen LogP contribution >= 0.6 is 0 Å². The van der Waals surface area contributed by atoms with Crippen LogP contribution in [0.3, 0.4) is 0 Å². The number of carbonyl (C=O) groups is 1. The molecule has 1 aromatic rings. The Labute approximate surface area is 196 Å². The molecule has 0 radical (unpaired) electrons. The molecule has 3 heterocycles. The Morgan fingerprint density at radius 3 is 2.31 bits per heavy atom. The fraction of sp³-hybridized carbons (Fsp3) is 0.741. The lowest BCUT2D eigenvalue weighted by Gasteiger charge is -2.30. The fourth-order valence-electron chi connectivity index (χ4n) is 5.37. The van der Waals surface area contributed by atoms with Crippen molar-refractivity contribution < 1.29 is 9.53 Å². The number of rotatable bonds is 8. The van der Waals surface area contributed by atoms with Gasteiger partial charge in [0.1, 0.15) is 5.75 Å². The highest BCUT2D eigenvalue weighted by Gasteiger charge is 2.33. The Morgan fingerprint density at radius 2 is 1.66 bits per heavy atom. The average molecular weight is 444 g/mol. The summed E-state index contributed by atoms with van der Waals surface area (Å²) in [5.41, 5.74) is 1.02. The maximum absolute atomic E-state index is 12.6. The summed E-state index contributed by atoms with van der Waals surface area (Å²) in [4.78, 5) is 19.8. The van der Waals surface area contributed by atoms with E-state index in [0.29, 0.717) is 12.5 Å². The molecule has 0 saturated carbocycles. The number of hydrogen-bond acceptors (Lipinski definition) is 4. The summed E-state index contributed by atoms with van der Waals surface area (Å²) < 4.78 is 5.97. The molecule has 0 bridgehead atoms. The summed E-state index contributed by atoms with van der Waals surface area (Å²) in [6, 6.07) is 9.23. The predicted molar refractivity (Wildman–Crippen MR) is 134 cm³/mol. The Hall–Kier alpha value is -1.59. The van der Waals surface area contributed by atoms with Crippen molar-refractivity contribution >= 4 is 11.6 Å². The molecule has 2 unspecified atom stereocenters. The first kappa shape index (κ1) is 25.0. The summed E-state index contributed by atoms with van der Waals surface area (Å²) in [6.07, 6.45) is 10.7. The molecule has 1 amide bonds. The first-order chi connectivity index (χ1) is 15.7. The second-order valence-electron chi connectivity index (χ2n) is 9.39. The number of anilines is 1. The third kappa shape index (κ3) is 6.95. The van der Waals surface area contributed by atoms with Crippen LogP contribution in [-0.2, 0) is 4.79 Å². The lowest BCUT2D eigenvalue weighted by molar-refractivity contribution is -0.117. The van der Waals surface area contributed by atoms with Crippen LogP contribution in [0.2, 0.25) is 0 Å². The molecule has 0 aromatic heterocycles. The van der Waals surface area contributed by atoms with Gasteiger partial charge in [0.05, 0.1) is 12.6 Å². The molecule has 0 aliphatic carbocycles. The van der Waals surface area contributed by atoms with Crippen molar-refractivity contribution in [3.8, 4) is 5.75 Å². The summed E-state index contributed by atoms with van der Waals surface area (Å²) in [5.74, 6) is 1.17. The zero-order valence-corrected chi connectivity index (χ0v) is 20.7. The van der Waals surface area contributed by atoms with Crippen molar-refractivity contribution in [1.29, 1.82) is 0 Å². The largest absolute Gasteiger partial charge is 0.494 e. The summed E-state index contributed by atoms with van der Waals surface area (Å²) >= 11 is 0. The van der Waals surface area contributed by atoms with Crippen LogP contribution in [0.5, 0.6) is 5.75 Å². The Bertz CT molecular complexity index is 670. The summed E-state index contributed by atoms with van der Waals surface area (Å²) in [7, 11) is 0. The van der Waals surface area contributed by atoms with Gasteiger partial charge in [-0.1, -0.05) is 26.7 Å². The molecule has 3 aliphatic heterocycles. The molecular weight excluding hydrogens is 398 g/mol. The molecule has 0 N–H and O–H groups in total. The molecule has 3 fully saturated rings. The minimum absolute atomic E-state index is 0.267. The van der Waals surface area contributed by atoms with Gasteiger partial charge in [0.2, 0.25) is 5.91 Å². The number of amides is 1. The SMILES string of the molecule is CC.CC1CCCN1CCCOc1ccc(N2C(=O)CCC2CN2CCCCCC2)cc1. The lowest BCUT2D eigenvalue weighted by Crippen LogP contribution is -2.42. The van der Waals surface area contributed by atoms with Gasteiger partial charge in [-0.3, -0.25) is 4.79 Å². The molecule has 5 heteroatoms. The zero-order valence-electron chi connectivity index (χ0n) is 20.7. The molecule has 4 rings (SSSR count). The highest BCUT2D eigenvalue weighted by Crippen LogP contribution is 2.29. The minimum atomic E-state index is 0.267. The quantitative estimate of drug-likeness (QED) is 0.508. The topological polar surface area (TPSA) is 36.0 Å². The van der Waals surface area contributed by atoms with Gasteiger partial charge in [-0.15, -0.1) is 0 Å². The Kier molecular flexibility index (Phi) is 10.3. The van der Waals surface area contributed by atoms with Gasteiger partial charge in [0, 0.05) is 31.2 Å². The molecule has 3 saturated heterocycles. The van der Waals surface area contributed by atoms with Gasteiger partial charge in [-0.25, -0.2) is 0 Å². The van der Waals surface area contributed by atoms with E-state index in [-0.39, 0.29) is 5.91 Å². The van der Waals surface area contributed by atoms with Crippen LogP contribution < -0.4 is 9.64 Å². The van der Waals surface area contributed by atoms with Crippen molar-refractivity contribution in [3.05, 3.63) is 24.3 Å². The molecule has 5 nitrogen and oxygen atoms in total. The van der Waals surface area contributed by atoms with Crippen LogP contribution in [0, 0.1) is 0 Å². The van der Waals surface area contributed by atoms with Crippen LogP contribution in [0.4, 0.5) is 5.69 Å². The second-order valence-corrected chi connectivity index (χ2v) is 9.39. The number of benzene rings is 1. The van der Waals surface area contributed by atoms with Gasteiger partial charge >= 0.3 is 0 Å². The molecule has 0 spiro atoms. The Balaban J connectivity index is 0.00000141. The normalized spacial score (nSPS) is 24.8. The smallest absolute Gasteiger partial charge is 0.227 e. The van der Waals surface area contributed by atoms with Gasteiger partial charge in [0.15, 0.2) is 0 Å². The molecule has 1 aromatic carbocycles. The Morgan fingerprint density at radius 1 is 0.938 bits per heavy atom. The number of carbonyl (C=O) groups excluding carboxylic acids is 1. The number of likely N-dealkylation sites (tertiary alicyclic amines) is 2. The van der Waals surface area contributed by atoms with Gasteiger partial charge < -0.3 is 19.4 Å². The molecule has 32 heavy (non-hydrogen) atoms. The third-order valence-electron chi connectivity index (χ3n) is 7.16. The van der Waals surface area contributed by atoms with Crippen molar-refractivity contribution in [2.45, 2.75) is 90.6 Å². The van der Waals surface area contributed by atoms with Gasteiger partial charge in [-0.2, -0.15) is 0 Å². The highest BCUT2D eigenvalue weighted by atomic mass is 16.5. The van der Waals surface area contributed by atoms with Gasteiger partial charge in [0.25, 0.3) is 0 Å². The highest BCUT2D eigenvalue weighted by molar-refractivity contribution is 5.96. The van der Waals surface area contributed by atoms with Crippen molar-refractivity contribution in [1.82, 2.24) is 9.80 Å². The standard InChI is InChI=1S/C25H39N3O2.C2H6/c1-21-8-6-17-27(21)18-7-19-30-24-12-9-22(10-13-24)28-23(11-14-25(28)29)20-26-15-4-2-3-5-16-26;1-2/h9-10,12-13,21,23H,2-8,11,14-20H2,1H3;1-2H3. The molecule has 2 atom stereocenters. The monoisotopic (exact) mass is 443 g/mol. The maximum atomic E-state index is 12.6. The van der Waals surface area contributed by atoms with E-state index in [9.17, 15) is 4.79 Å². The van der Waals surface area contributed by atoms with Crippen LogP contribution in [0.25, 0.3) is 0 Å². The first-order valence-electron chi connectivity index (χ1n) is 13.2. The van der Waals surface area contributed by atoms with E-state index in [2.05, 4.69) is 28.9 Å². The van der Waals surface area contributed by atoms with Crippen molar-refractivity contribution in [3.63, 3.8) is 0 Å². The van der Waals surface area contributed by atoms with Gasteiger partial charge in [-0.05, 0) is 89.3 Å². The fourth-order valence-corrected chi connectivity index (χ4v) is 5.37. The van der Waals surface area contributed by atoms with E-state index in [1.54, 1.807) is 0 Å². The minimum Gasteiger partial charge on any atom is -0.494 e. The third-order valence-corrected chi connectivity index (χ3v) is 7.16. The summed E-state index contributed by atoms with van der Waals surface area (Å²) in [5, 5.41) is 0. The predicted octanol–water partition coefficient (Wildman–Crippen LogP) is 5.34. The van der Waals surface area contributed by atoms with Crippen molar-refractivity contribution in [2.24, 2.45) is 0 Å². The van der Waals surface area contributed by atoms with E-state index in [4.69, 9.17) is 4.74 Å². The second kappa shape index (κ2) is 13.2. The first-order valence-corrected chi connectivity index (χ1v) is 13.2. The lowest BCUT2D eigenvalue weighted by atomic mass is 10.2. The van der Waals surface area contributed by atoms with E-state index in [0.717, 1.165) is 50.0 Å². The number of hydrogen-bond donors (Lipinski definition) is 0. The van der Waals surface area contributed by atoms with Crippen LogP contribution in [-0.4, -0.2) is 67.1 Å². The van der Waals surface area contributed by atoms with Crippen LogP contribution in [0.15, 0.2) is 24.3 Å². The number of ether oxygens (including phenoxy) is 1. The van der Waals surface area contributed by atoms with E-state index in [1.165, 1.54) is 58.2 Å².